The average molecular weight is 512 g/mol. The molecule has 7 nitrogen and oxygen atoms in total. The van der Waals surface area contributed by atoms with Crippen molar-refractivity contribution in [1.82, 2.24) is 4.90 Å². The van der Waals surface area contributed by atoms with Crippen molar-refractivity contribution in [1.29, 1.82) is 0 Å². The van der Waals surface area contributed by atoms with Gasteiger partial charge in [0.05, 0.1) is 0 Å². The molecular weight excluding hydrogens is 482 g/mol. The molecule has 3 atom stereocenters. The van der Waals surface area contributed by atoms with Crippen LogP contribution in [0.2, 0.25) is 5.02 Å². The number of nitrogens with zero attached hydrogens (tertiary/aromatic N) is 1. The summed E-state index contributed by atoms with van der Waals surface area (Å²) in [7, 11) is 0. The zero-order valence-corrected chi connectivity index (χ0v) is 21.6. The fraction of sp³-hybridized carbons (Fsp3) is 0.464. The van der Waals surface area contributed by atoms with Crippen LogP contribution in [0.3, 0.4) is 0 Å². The van der Waals surface area contributed by atoms with Crippen LogP contribution < -0.4 is 4.74 Å². The van der Waals surface area contributed by atoms with E-state index in [1.54, 1.807) is 13.0 Å². The van der Waals surface area contributed by atoms with Crippen LogP contribution in [-0.2, 0) is 28.0 Å². The molecule has 3 aliphatic rings. The predicted octanol–water partition coefficient (Wildman–Crippen LogP) is 5.77. The molecule has 2 heterocycles. The first kappa shape index (κ1) is 24.6. The van der Waals surface area contributed by atoms with E-state index in [0.29, 0.717) is 48.6 Å². The number of amides is 1. The number of aryl methyl sites for hydroxylation is 1. The maximum atomic E-state index is 13.4. The minimum atomic E-state index is -1.15. The van der Waals surface area contributed by atoms with Gasteiger partial charge in [-0.2, -0.15) is 0 Å². The number of esters is 1. The van der Waals surface area contributed by atoms with Crippen molar-refractivity contribution in [3.8, 4) is 16.9 Å². The maximum Gasteiger partial charge on any atom is 0.408 e. The number of carbonyl (C=O) groups is 3. The van der Waals surface area contributed by atoms with E-state index in [4.69, 9.17) is 21.1 Å². The van der Waals surface area contributed by atoms with Gasteiger partial charge in [0, 0.05) is 22.2 Å². The number of rotatable bonds is 2. The predicted molar refractivity (Wildman–Crippen MR) is 135 cm³/mol. The number of halogens is 1. The van der Waals surface area contributed by atoms with Gasteiger partial charge < -0.3 is 14.6 Å². The van der Waals surface area contributed by atoms with E-state index in [-0.39, 0.29) is 17.2 Å². The Bertz CT molecular complexity index is 1280. The number of Topliss-reactive ketones (excluding diaryl/α,β-unsaturated/α-hetero) is 1. The summed E-state index contributed by atoms with van der Waals surface area (Å²) in [6, 6.07) is 6.57. The highest BCUT2D eigenvalue weighted by Crippen LogP contribution is 2.46. The van der Waals surface area contributed by atoms with Crippen molar-refractivity contribution in [2.24, 2.45) is 0 Å². The van der Waals surface area contributed by atoms with Gasteiger partial charge in [0.15, 0.2) is 6.10 Å². The van der Waals surface area contributed by atoms with Crippen molar-refractivity contribution < 1.29 is 29.0 Å². The first-order valence-corrected chi connectivity index (χ1v) is 12.7. The van der Waals surface area contributed by atoms with Crippen LogP contribution in [-0.4, -0.2) is 46.0 Å². The summed E-state index contributed by atoms with van der Waals surface area (Å²) < 4.78 is 11.6. The van der Waals surface area contributed by atoms with E-state index < -0.39 is 24.2 Å². The molecule has 1 saturated heterocycles. The average Bonchev–Trinajstić information content (AvgIpc) is 3.20. The van der Waals surface area contributed by atoms with Crippen molar-refractivity contribution in [3.05, 3.63) is 51.5 Å². The Labute approximate surface area is 215 Å². The molecule has 1 aliphatic carbocycles. The van der Waals surface area contributed by atoms with Crippen LogP contribution in [0.1, 0.15) is 74.0 Å². The highest BCUT2D eigenvalue weighted by Gasteiger charge is 2.42. The van der Waals surface area contributed by atoms with Crippen LogP contribution in [0.15, 0.2) is 24.3 Å². The lowest BCUT2D eigenvalue weighted by atomic mass is 9.77. The van der Waals surface area contributed by atoms with Gasteiger partial charge in [-0.15, -0.1) is 0 Å². The largest absolute Gasteiger partial charge is 0.488 e. The highest BCUT2D eigenvalue weighted by molar-refractivity contribution is 6.30. The van der Waals surface area contributed by atoms with Gasteiger partial charge in [0.25, 0.3) is 0 Å². The Hall–Kier alpha value is -3.06. The molecular formula is C28H30ClNO6. The third kappa shape index (κ3) is 4.13. The topological polar surface area (TPSA) is 93.1 Å². The summed E-state index contributed by atoms with van der Waals surface area (Å²) in [6.45, 7) is 8.55. The van der Waals surface area contributed by atoms with Gasteiger partial charge in [-0.1, -0.05) is 32.4 Å². The fourth-order valence-electron chi connectivity index (χ4n) is 5.68. The number of carboxylic acid groups (broad SMARTS) is 1. The van der Waals surface area contributed by atoms with Crippen LogP contribution in [0.4, 0.5) is 4.79 Å². The Balaban J connectivity index is 1.45. The normalized spacial score (nSPS) is 22.9. The lowest BCUT2D eigenvalue weighted by Gasteiger charge is -2.32. The molecule has 5 rings (SSSR count). The van der Waals surface area contributed by atoms with Gasteiger partial charge in [0.2, 0.25) is 5.78 Å². The van der Waals surface area contributed by atoms with Gasteiger partial charge in [0.1, 0.15) is 18.4 Å². The van der Waals surface area contributed by atoms with Crippen LogP contribution in [0.5, 0.6) is 5.75 Å². The Kier molecular flexibility index (Phi) is 6.02. The first-order chi connectivity index (χ1) is 17.0. The molecule has 0 bridgehead atoms. The molecule has 0 saturated carbocycles. The molecule has 3 unspecified atom stereocenters. The number of benzene rings is 2. The number of likely N-dealkylation sites (tertiary alicyclic amines) is 1. The molecule has 1 N–H and O–H groups in total. The monoisotopic (exact) mass is 511 g/mol. The number of carbonyl (C=O) groups excluding carboxylic acids is 2. The smallest absolute Gasteiger partial charge is 0.408 e. The van der Waals surface area contributed by atoms with E-state index in [1.807, 2.05) is 18.2 Å². The molecule has 2 aromatic carbocycles. The van der Waals surface area contributed by atoms with Gasteiger partial charge in [-0.3, -0.25) is 9.69 Å². The van der Waals surface area contributed by atoms with E-state index in [1.165, 1.54) is 0 Å². The number of ether oxygens (including phenoxy) is 2. The van der Waals surface area contributed by atoms with Crippen molar-refractivity contribution in [2.75, 3.05) is 0 Å². The van der Waals surface area contributed by atoms with Crippen molar-refractivity contribution >= 4 is 29.4 Å². The van der Waals surface area contributed by atoms with Crippen molar-refractivity contribution in [2.45, 2.75) is 83.6 Å². The zero-order valence-electron chi connectivity index (χ0n) is 20.9. The molecule has 0 aromatic heterocycles. The number of ketones is 1. The van der Waals surface area contributed by atoms with E-state index in [0.717, 1.165) is 32.7 Å². The number of fused-ring (bicyclic) bond motifs is 4. The van der Waals surface area contributed by atoms with Crippen molar-refractivity contribution in [3.63, 3.8) is 0 Å². The Morgan fingerprint density at radius 3 is 2.53 bits per heavy atom. The summed E-state index contributed by atoms with van der Waals surface area (Å²) in [5.74, 6) is -0.309. The van der Waals surface area contributed by atoms with Gasteiger partial charge >= 0.3 is 12.1 Å². The lowest BCUT2D eigenvalue weighted by molar-refractivity contribution is -0.152. The molecule has 1 fully saturated rings. The van der Waals surface area contributed by atoms with Gasteiger partial charge in [-0.25, -0.2) is 9.59 Å². The molecule has 0 radical (unpaired) electrons. The van der Waals surface area contributed by atoms with Gasteiger partial charge in [-0.05, 0) is 84.5 Å². The molecule has 0 spiro atoms. The molecule has 1 amide bonds. The second kappa shape index (κ2) is 8.80. The quantitative estimate of drug-likeness (QED) is 0.514. The third-order valence-electron chi connectivity index (χ3n) is 7.50. The molecule has 36 heavy (non-hydrogen) atoms. The summed E-state index contributed by atoms with van der Waals surface area (Å²) in [6.07, 6.45) is -0.197. The minimum absolute atomic E-state index is 0.143. The van der Waals surface area contributed by atoms with Crippen LogP contribution >= 0.6 is 11.6 Å². The zero-order chi connectivity index (χ0) is 25.9. The van der Waals surface area contributed by atoms with E-state index in [9.17, 15) is 19.5 Å². The van der Waals surface area contributed by atoms with E-state index in [2.05, 4.69) is 20.8 Å². The second-order valence-electron chi connectivity index (χ2n) is 11.0. The summed E-state index contributed by atoms with van der Waals surface area (Å²) in [5, 5.41) is 10.2. The van der Waals surface area contributed by atoms with Crippen LogP contribution in [0, 0.1) is 0 Å². The molecule has 190 valence electrons. The Morgan fingerprint density at radius 2 is 1.83 bits per heavy atom. The SMILES string of the molecule is CC1CCC(C(=O)OC2CCc3cc4c(cc3C2=O)OCc2cc(Cl)cc(C(C)(C)C)c2-4)N1C(=O)O. The van der Waals surface area contributed by atoms with Crippen LogP contribution in [0.25, 0.3) is 11.1 Å². The summed E-state index contributed by atoms with van der Waals surface area (Å²) in [4.78, 5) is 38.9. The molecule has 8 heteroatoms. The third-order valence-corrected chi connectivity index (χ3v) is 7.72. The fourth-order valence-corrected chi connectivity index (χ4v) is 5.92. The summed E-state index contributed by atoms with van der Waals surface area (Å²) >= 11 is 6.41. The highest BCUT2D eigenvalue weighted by atomic mass is 35.5. The number of hydrogen-bond donors (Lipinski definition) is 1. The lowest BCUT2D eigenvalue weighted by Crippen LogP contribution is -2.46. The molecule has 2 aromatic rings. The maximum absolute atomic E-state index is 13.4. The Morgan fingerprint density at radius 1 is 1.08 bits per heavy atom. The second-order valence-corrected chi connectivity index (χ2v) is 11.4. The molecule has 2 aliphatic heterocycles. The first-order valence-electron chi connectivity index (χ1n) is 12.3. The summed E-state index contributed by atoms with van der Waals surface area (Å²) in [5.41, 5.74) is 5.41. The number of hydrogen-bond acceptors (Lipinski definition) is 5. The van der Waals surface area contributed by atoms with E-state index >= 15 is 0 Å². The standard InChI is InChI=1S/C28H30ClNO6/c1-14-5-7-21(30(14)27(33)34)26(32)36-22-8-6-15-10-19-23(12-18(15)25(22)31)35-13-16-9-17(29)11-20(24(16)19)28(2,3)4/h9-12,14,21-22H,5-8,13H2,1-4H3,(H,33,34). The minimum Gasteiger partial charge on any atom is -0.488 e.